The Morgan fingerprint density at radius 1 is 1.43 bits per heavy atom. The Balaban J connectivity index is 2.05. The van der Waals surface area contributed by atoms with Crippen LogP contribution in [0.4, 0.5) is 0 Å². The van der Waals surface area contributed by atoms with Gasteiger partial charge in [0.25, 0.3) is 0 Å². The highest BCUT2D eigenvalue weighted by Crippen LogP contribution is 2.29. The number of aryl methyl sites for hydroxylation is 1. The van der Waals surface area contributed by atoms with E-state index in [4.69, 9.17) is 21.4 Å². The second kappa shape index (κ2) is 3.79. The number of benzene rings is 1. The molecule has 1 aliphatic carbocycles. The van der Waals surface area contributed by atoms with Crippen LogP contribution in [0.5, 0.6) is 5.75 Å². The third-order valence-corrected chi connectivity index (χ3v) is 2.75. The largest absolute Gasteiger partial charge is 0.490 e. The summed E-state index contributed by atoms with van der Waals surface area (Å²) in [6.45, 7) is 1.99. The monoisotopic (exact) mass is 212 g/mol. The average molecular weight is 213 g/mol. The first-order valence-corrected chi connectivity index (χ1v) is 5.14. The lowest BCUT2D eigenvalue weighted by Gasteiger charge is -2.32. The standard InChI is InChI=1S/C11H13ClO2/c1-7-2-3-8(12)4-11(7)14-10-5-9(13)6-10/h2-4,9-10,13H,5-6H2,1H3. The van der Waals surface area contributed by atoms with Crippen molar-refractivity contribution in [3.05, 3.63) is 28.8 Å². The van der Waals surface area contributed by atoms with Crippen LogP contribution in [0.15, 0.2) is 18.2 Å². The van der Waals surface area contributed by atoms with Crippen LogP contribution < -0.4 is 4.74 Å². The van der Waals surface area contributed by atoms with Gasteiger partial charge in [0.05, 0.1) is 6.10 Å². The molecule has 2 rings (SSSR count). The summed E-state index contributed by atoms with van der Waals surface area (Å²) in [7, 11) is 0. The molecule has 1 saturated carbocycles. The van der Waals surface area contributed by atoms with Crippen LogP contribution in [0.3, 0.4) is 0 Å². The van der Waals surface area contributed by atoms with Gasteiger partial charge in [0, 0.05) is 17.9 Å². The van der Waals surface area contributed by atoms with Crippen LogP contribution >= 0.6 is 11.6 Å². The van der Waals surface area contributed by atoms with Gasteiger partial charge in [0.15, 0.2) is 0 Å². The summed E-state index contributed by atoms with van der Waals surface area (Å²) >= 11 is 5.86. The molecule has 0 radical (unpaired) electrons. The van der Waals surface area contributed by atoms with Gasteiger partial charge in [-0.15, -0.1) is 0 Å². The molecule has 1 aromatic rings. The summed E-state index contributed by atoms with van der Waals surface area (Å²) in [5.41, 5.74) is 1.08. The summed E-state index contributed by atoms with van der Waals surface area (Å²) in [5.74, 6) is 0.828. The molecule has 0 spiro atoms. The second-order valence-corrected chi connectivity index (χ2v) is 4.21. The molecule has 1 fully saturated rings. The minimum Gasteiger partial charge on any atom is -0.490 e. The first-order chi connectivity index (χ1) is 6.65. The molecule has 0 unspecified atom stereocenters. The van der Waals surface area contributed by atoms with E-state index in [0.29, 0.717) is 5.02 Å². The maximum Gasteiger partial charge on any atom is 0.124 e. The van der Waals surface area contributed by atoms with Crippen molar-refractivity contribution < 1.29 is 9.84 Å². The van der Waals surface area contributed by atoms with Crippen molar-refractivity contribution >= 4 is 11.6 Å². The van der Waals surface area contributed by atoms with E-state index in [0.717, 1.165) is 24.2 Å². The van der Waals surface area contributed by atoms with Crippen LogP contribution in [0.1, 0.15) is 18.4 Å². The number of rotatable bonds is 2. The maximum atomic E-state index is 9.11. The lowest BCUT2D eigenvalue weighted by atomic mass is 9.92. The Hall–Kier alpha value is -0.730. The quantitative estimate of drug-likeness (QED) is 0.817. The highest BCUT2D eigenvalue weighted by Gasteiger charge is 2.29. The van der Waals surface area contributed by atoms with Gasteiger partial charge in [-0.25, -0.2) is 0 Å². The molecular weight excluding hydrogens is 200 g/mol. The zero-order valence-corrected chi connectivity index (χ0v) is 8.79. The zero-order valence-electron chi connectivity index (χ0n) is 8.03. The summed E-state index contributed by atoms with van der Waals surface area (Å²) in [5, 5.41) is 9.80. The number of aliphatic hydroxyl groups is 1. The molecule has 0 aliphatic heterocycles. The Morgan fingerprint density at radius 3 is 2.79 bits per heavy atom. The van der Waals surface area contributed by atoms with Crippen molar-refractivity contribution in [2.24, 2.45) is 0 Å². The van der Waals surface area contributed by atoms with E-state index in [1.807, 2.05) is 25.1 Å². The van der Waals surface area contributed by atoms with Crippen molar-refractivity contribution in [3.63, 3.8) is 0 Å². The predicted octanol–water partition coefficient (Wildman–Crippen LogP) is 2.55. The molecule has 1 aliphatic rings. The first kappa shape index (κ1) is 9.81. The van der Waals surface area contributed by atoms with E-state index >= 15 is 0 Å². The minimum atomic E-state index is -0.181. The third-order valence-electron chi connectivity index (χ3n) is 2.51. The molecule has 2 nitrogen and oxygen atoms in total. The zero-order chi connectivity index (χ0) is 10.1. The molecular formula is C11H13ClO2. The molecule has 0 saturated heterocycles. The molecule has 3 heteroatoms. The number of hydrogen-bond acceptors (Lipinski definition) is 2. The van der Waals surface area contributed by atoms with E-state index in [9.17, 15) is 0 Å². The van der Waals surface area contributed by atoms with Gasteiger partial charge in [-0.2, -0.15) is 0 Å². The summed E-state index contributed by atoms with van der Waals surface area (Å²) in [6, 6.07) is 5.60. The highest BCUT2D eigenvalue weighted by atomic mass is 35.5. The molecule has 1 N–H and O–H groups in total. The van der Waals surface area contributed by atoms with E-state index in [1.54, 1.807) is 0 Å². The van der Waals surface area contributed by atoms with E-state index < -0.39 is 0 Å². The maximum absolute atomic E-state index is 9.11. The van der Waals surface area contributed by atoms with E-state index in [1.165, 1.54) is 0 Å². The van der Waals surface area contributed by atoms with E-state index in [2.05, 4.69) is 0 Å². The van der Waals surface area contributed by atoms with Gasteiger partial charge in [0.2, 0.25) is 0 Å². The molecule has 0 bridgehead atoms. The van der Waals surface area contributed by atoms with E-state index in [-0.39, 0.29) is 12.2 Å². The van der Waals surface area contributed by atoms with Crippen LogP contribution in [-0.4, -0.2) is 17.3 Å². The van der Waals surface area contributed by atoms with Gasteiger partial charge < -0.3 is 9.84 Å². The van der Waals surface area contributed by atoms with Crippen molar-refractivity contribution in [3.8, 4) is 5.75 Å². The summed E-state index contributed by atoms with van der Waals surface area (Å²) in [4.78, 5) is 0. The highest BCUT2D eigenvalue weighted by molar-refractivity contribution is 6.30. The summed E-state index contributed by atoms with van der Waals surface area (Å²) < 4.78 is 5.69. The fourth-order valence-corrected chi connectivity index (χ4v) is 1.68. The predicted molar refractivity (Wildman–Crippen MR) is 55.8 cm³/mol. The summed E-state index contributed by atoms with van der Waals surface area (Å²) in [6.07, 6.45) is 1.43. The van der Waals surface area contributed by atoms with Crippen molar-refractivity contribution in [1.29, 1.82) is 0 Å². The normalized spacial score (nSPS) is 25.6. The Morgan fingerprint density at radius 2 is 2.14 bits per heavy atom. The number of hydrogen-bond donors (Lipinski definition) is 1. The Kier molecular flexibility index (Phi) is 2.66. The molecule has 76 valence electrons. The van der Waals surface area contributed by atoms with Crippen LogP contribution in [0.2, 0.25) is 5.02 Å². The first-order valence-electron chi connectivity index (χ1n) is 4.76. The van der Waals surface area contributed by atoms with Gasteiger partial charge in [-0.05, 0) is 24.6 Å². The number of halogens is 1. The number of aliphatic hydroxyl groups excluding tert-OH is 1. The fourth-order valence-electron chi connectivity index (χ4n) is 1.51. The van der Waals surface area contributed by atoms with Gasteiger partial charge in [0.1, 0.15) is 11.9 Å². The third kappa shape index (κ3) is 2.02. The van der Waals surface area contributed by atoms with Crippen molar-refractivity contribution in [1.82, 2.24) is 0 Å². The molecule has 0 amide bonds. The Labute approximate surface area is 88.5 Å². The van der Waals surface area contributed by atoms with Gasteiger partial charge >= 0.3 is 0 Å². The average Bonchev–Trinajstić information content (AvgIpc) is 2.09. The molecule has 0 aromatic heterocycles. The molecule has 1 aromatic carbocycles. The Bertz CT molecular complexity index is 332. The lowest BCUT2D eigenvalue weighted by molar-refractivity contribution is -0.0110. The lowest BCUT2D eigenvalue weighted by Crippen LogP contribution is -2.37. The van der Waals surface area contributed by atoms with Crippen LogP contribution in [0, 0.1) is 6.92 Å². The van der Waals surface area contributed by atoms with Crippen LogP contribution in [-0.2, 0) is 0 Å². The fraction of sp³-hybridized carbons (Fsp3) is 0.455. The number of ether oxygens (including phenoxy) is 1. The molecule has 0 heterocycles. The topological polar surface area (TPSA) is 29.5 Å². The molecule has 14 heavy (non-hydrogen) atoms. The minimum absolute atomic E-state index is 0.155. The molecule has 0 atom stereocenters. The second-order valence-electron chi connectivity index (χ2n) is 3.77. The van der Waals surface area contributed by atoms with Gasteiger partial charge in [-0.3, -0.25) is 0 Å². The van der Waals surface area contributed by atoms with Crippen LogP contribution in [0.25, 0.3) is 0 Å². The van der Waals surface area contributed by atoms with Crippen molar-refractivity contribution in [2.75, 3.05) is 0 Å². The smallest absolute Gasteiger partial charge is 0.124 e. The SMILES string of the molecule is Cc1ccc(Cl)cc1OC1CC(O)C1. The van der Waals surface area contributed by atoms with Gasteiger partial charge in [-0.1, -0.05) is 17.7 Å². The van der Waals surface area contributed by atoms with Crippen molar-refractivity contribution in [2.45, 2.75) is 32.0 Å².